The summed E-state index contributed by atoms with van der Waals surface area (Å²) in [5.41, 5.74) is 1.27. The molecule has 1 heterocycles. The molecule has 5 heteroatoms. The number of hydrogen-bond donors (Lipinski definition) is 1. The van der Waals surface area contributed by atoms with Crippen molar-refractivity contribution in [3.8, 4) is 0 Å². The summed E-state index contributed by atoms with van der Waals surface area (Å²) in [7, 11) is 1.84. The van der Waals surface area contributed by atoms with Gasteiger partial charge in [-0.1, -0.05) is 19.8 Å². The molecule has 2 unspecified atom stereocenters. The van der Waals surface area contributed by atoms with Crippen LogP contribution in [0.15, 0.2) is 6.20 Å². The highest BCUT2D eigenvalue weighted by atomic mass is 35.5. The molecule has 1 N–H and O–H groups in total. The van der Waals surface area contributed by atoms with E-state index < -0.39 is 0 Å². The van der Waals surface area contributed by atoms with Crippen LogP contribution in [0.4, 0.5) is 0 Å². The molecule has 1 fully saturated rings. The van der Waals surface area contributed by atoms with Gasteiger partial charge >= 0.3 is 0 Å². The van der Waals surface area contributed by atoms with E-state index in [9.17, 15) is 4.79 Å². The lowest BCUT2D eigenvalue weighted by Gasteiger charge is -2.39. The molecule has 19 heavy (non-hydrogen) atoms. The second kappa shape index (κ2) is 5.53. The van der Waals surface area contributed by atoms with Gasteiger partial charge in [-0.05, 0) is 25.7 Å². The number of carbonyl (C=O) groups is 1. The SMILES string of the molecule is Cc1c(C(=O)NC2(CCl)CCCC(C)C2)cnn1C. The molecule has 1 aromatic rings. The number of nitrogens with zero attached hydrogens (tertiary/aromatic N) is 2. The summed E-state index contributed by atoms with van der Waals surface area (Å²) in [5.74, 6) is 1.03. The molecule has 0 radical (unpaired) electrons. The zero-order chi connectivity index (χ0) is 14.0. The van der Waals surface area contributed by atoms with E-state index in [1.165, 1.54) is 6.42 Å². The molecule has 0 bridgehead atoms. The predicted octanol–water partition coefficient (Wildman–Crippen LogP) is 2.65. The summed E-state index contributed by atoms with van der Waals surface area (Å²) < 4.78 is 1.71. The number of carbonyl (C=O) groups excluding carboxylic acids is 1. The van der Waals surface area contributed by atoms with Crippen LogP contribution in [0.1, 0.15) is 48.7 Å². The third-order valence-electron chi connectivity index (χ3n) is 4.21. The number of amides is 1. The molecule has 1 aliphatic rings. The molecule has 2 atom stereocenters. The molecule has 1 saturated carbocycles. The average Bonchev–Trinajstić information content (AvgIpc) is 2.70. The maximum atomic E-state index is 12.4. The maximum absolute atomic E-state index is 12.4. The highest BCUT2D eigenvalue weighted by molar-refractivity contribution is 6.19. The Morgan fingerprint density at radius 2 is 2.42 bits per heavy atom. The molecule has 1 aliphatic carbocycles. The minimum Gasteiger partial charge on any atom is -0.345 e. The number of halogens is 1. The predicted molar refractivity (Wildman–Crippen MR) is 76.5 cm³/mol. The lowest BCUT2D eigenvalue weighted by molar-refractivity contribution is 0.0866. The van der Waals surface area contributed by atoms with E-state index >= 15 is 0 Å². The number of rotatable bonds is 3. The van der Waals surface area contributed by atoms with Crippen molar-refractivity contribution in [2.45, 2.75) is 45.1 Å². The summed E-state index contributed by atoms with van der Waals surface area (Å²) in [6.45, 7) is 4.13. The van der Waals surface area contributed by atoms with E-state index in [-0.39, 0.29) is 11.4 Å². The average molecular weight is 284 g/mol. The molecule has 2 rings (SSSR count). The van der Waals surface area contributed by atoms with Gasteiger partial charge in [-0.25, -0.2) is 0 Å². The lowest BCUT2D eigenvalue weighted by atomic mass is 9.77. The Labute approximate surface area is 119 Å². The zero-order valence-corrected chi connectivity index (χ0v) is 12.6. The Morgan fingerprint density at radius 3 is 2.95 bits per heavy atom. The molecule has 0 spiro atoms. The van der Waals surface area contributed by atoms with Crippen LogP contribution in [0.3, 0.4) is 0 Å². The first-order valence-corrected chi connectivity index (χ1v) is 7.38. The van der Waals surface area contributed by atoms with Crippen LogP contribution >= 0.6 is 11.6 Å². The van der Waals surface area contributed by atoms with E-state index in [1.54, 1.807) is 10.9 Å². The van der Waals surface area contributed by atoms with Crippen LogP contribution in [0, 0.1) is 12.8 Å². The van der Waals surface area contributed by atoms with Crippen LogP contribution in [0.25, 0.3) is 0 Å². The van der Waals surface area contributed by atoms with Crippen molar-refractivity contribution < 1.29 is 4.79 Å². The van der Waals surface area contributed by atoms with Crippen LogP contribution in [0.2, 0.25) is 0 Å². The molecule has 4 nitrogen and oxygen atoms in total. The highest BCUT2D eigenvalue weighted by Gasteiger charge is 2.36. The Morgan fingerprint density at radius 1 is 1.68 bits per heavy atom. The van der Waals surface area contributed by atoms with Crippen molar-refractivity contribution in [2.75, 3.05) is 5.88 Å². The smallest absolute Gasteiger partial charge is 0.255 e. The maximum Gasteiger partial charge on any atom is 0.255 e. The third-order valence-corrected chi connectivity index (χ3v) is 4.72. The minimum atomic E-state index is -0.251. The number of alkyl halides is 1. The summed E-state index contributed by atoms with van der Waals surface area (Å²) in [6.07, 6.45) is 5.90. The third kappa shape index (κ3) is 2.94. The number of nitrogens with one attached hydrogen (secondary N) is 1. The first-order valence-electron chi connectivity index (χ1n) is 6.84. The fraction of sp³-hybridized carbons (Fsp3) is 0.714. The van der Waals surface area contributed by atoms with E-state index in [0.29, 0.717) is 17.4 Å². The van der Waals surface area contributed by atoms with E-state index in [4.69, 9.17) is 11.6 Å². The Kier molecular flexibility index (Phi) is 4.19. The first-order chi connectivity index (χ1) is 8.97. The monoisotopic (exact) mass is 283 g/mol. The Hall–Kier alpha value is -1.03. The van der Waals surface area contributed by atoms with Gasteiger partial charge in [0, 0.05) is 18.6 Å². The van der Waals surface area contributed by atoms with Gasteiger partial charge in [-0.15, -0.1) is 11.6 Å². The van der Waals surface area contributed by atoms with Crippen molar-refractivity contribution >= 4 is 17.5 Å². The van der Waals surface area contributed by atoms with Crippen molar-refractivity contribution in [1.29, 1.82) is 0 Å². The largest absolute Gasteiger partial charge is 0.345 e. The number of aromatic nitrogens is 2. The van der Waals surface area contributed by atoms with Gasteiger partial charge in [0.05, 0.1) is 17.3 Å². The van der Waals surface area contributed by atoms with Gasteiger partial charge in [-0.2, -0.15) is 5.10 Å². The summed E-state index contributed by atoms with van der Waals surface area (Å²) in [5, 5.41) is 7.28. The molecule has 0 aromatic carbocycles. The zero-order valence-electron chi connectivity index (χ0n) is 11.9. The van der Waals surface area contributed by atoms with Crippen molar-refractivity contribution in [3.63, 3.8) is 0 Å². The highest BCUT2D eigenvalue weighted by Crippen LogP contribution is 2.33. The van der Waals surface area contributed by atoms with Gasteiger partial charge in [-0.3, -0.25) is 9.48 Å². The van der Waals surface area contributed by atoms with E-state index in [2.05, 4.69) is 17.3 Å². The Bertz CT molecular complexity index is 471. The minimum absolute atomic E-state index is 0.0552. The lowest BCUT2D eigenvalue weighted by Crippen LogP contribution is -2.52. The van der Waals surface area contributed by atoms with Crippen LogP contribution in [0.5, 0.6) is 0 Å². The molecule has 0 saturated heterocycles. The topological polar surface area (TPSA) is 46.9 Å². The Balaban J connectivity index is 2.14. The fourth-order valence-corrected chi connectivity index (χ4v) is 3.27. The summed E-state index contributed by atoms with van der Waals surface area (Å²) >= 11 is 6.14. The summed E-state index contributed by atoms with van der Waals surface area (Å²) in [6, 6.07) is 0. The number of hydrogen-bond acceptors (Lipinski definition) is 2. The van der Waals surface area contributed by atoms with Crippen LogP contribution < -0.4 is 5.32 Å². The quantitative estimate of drug-likeness (QED) is 0.867. The van der Waals surface area contributed by atoms with Gasteiger partial charge in [0.2, 0.25) is 0 Å². The molecular formula is C14H22ClN3O. The van der Waals surface area contributed by atoms with Crippen molar-refractivity contribution in [1.82, 2.24) is 15.1 Å². The second-order valence-electron chi connectivity index (χ2n) is 5.84. The van der Waals surface area contributed by atoms with E-state index in [1.807, 2.05) is 14.0 Å². The van der Waals surface area contributed by atoms with Gasteiger partial charge in [0.1, 0.15) is 0 Å². The van der Waals surface area contributed by atoms with E-state index in [0.717, 1.165) is 25.0 Å². The molecule has 1 amide bonds. The normalized spacial score (nSPS) is 27.3. The molecule has 0 aliphatic heterocycles. The summed E-state index contributed by atoms with van der Waals surface area (Å²) in [4.78, 5) is 12.4. The first kappa shape index (κ1) is 14.4. The van der Waals surface area contributed by atoms with Gasteiger partial charge in [0.25, 0.3) is 5.91 Å². The van der Waals surface area contributed by atoms with Crippen molar-refractivity contribution in [2.24, 2.45) is 13.0 Å². The molecular weight excluding hydrogens is 262 g/mol. The molecule has 1 aromatic heterocycles. The van der Waals surface area contributed by atoms with Crippen molar-refractivity contribution in [3.05, 3.63) is 17.5 Å². The second-order valence-corrected chi connectivity index (χ2v) is 6.10. The van der Waals surface area contributed by atoms with Crippen LogP contribution in [-0.2, 0) is 7.05 Å². The fourth-order valence-electron chi connectivity index (χ4n) is 2.96. The van der Waals surface area contributed by atoms with Crippen LogP contribution in [-0.4, -0.2) is 27.1 Å². The van der Waals surface area contributed by atoms with Gasteiger partial charge in [0.15, 0.2) is 0 Å². The standard InChI is InChI=1S/C14H22ClN3O/c1-10-5-4-6-14(7-10,9-15)17-13(19)12-8-16-18(3)11(12)2/h8,10H,4-7,9H2,1-3H3,(H,17,19). The number of aryl methyl sites for hydroxylation is 1. The van der Waals surface area contributed by atoms with Gasteiger partial charge < -0.3 is 5.32 Å². The molecule has 106 valence electrons.